The van der Waals surface area contributed by atoms with E-state index in [4.69, 9.17) is 21.1 Å². The molecule has 0 unspecified atom stereocenters. The van der Waals surface area contributed by atoms with Crippen molar-refractivity contribution in [1.82, 2.24) is 16.2 Å². The maximum Gasteiger partial charge on any atom is 0.187 e. The molecule has 2 heterocycles. The summed E-state index contributed by atoms with van der Waals surface area (Å²) in [4.78, 5) is 4.16. The van der Waals surface area contributed by atoms with Crippen LogP contribution in [-0.2, 0) is 13.1 Å². The monoisotopic (exact) mass is 374 g/mol. The van der Waals surface area contributed by atoms with E-state index in [-0.39, 0.29) is 0 Å². The van der Waals surface area contributed by atoms with E-state index in [1.54, 1.807) is 12.5 Å². The first-order chi connectivity index (χ1) is 12.7. The topological polar surface area (TPSA) is 99.5 Å². The molecular formula is C17H22N6O2S. The van der Waals surface area contributed by atoms with Gasteiger partial charge in [-0.15, -0.1) is 0 Å². The lowest BCUT2D eigenvalue weighted by Gasteiger charge is -2.07. The van der Waals surface area contributed by atoms with Crippen LogP contribution in [0.1, 0.15) is 31.8 Å². The van der Waals surface area contributed by atoms with Crippen LogP contribution in [-0.4, -0.2) is 22.9 Å². The van der Waals surface area contributed by atoms with Crippen molar-refractivity contribution in [3.8, 4) is 0 Å². The Labute approximate surface area is 157 Å². The molecule has 0 saturated carbocycles. The summed E-state index contributed by atoms with van der Waals surface area (Å²) in [6.45, 7) is 4.80. The number of hydrogen-bond acceptors (Lipinski definition) is 6. The number of nitrogens with zero attached hydrogens (tertiary/aromatic N) is 3. The van der Waals surface area contributed by atoms with Crippen molar-refractivity contribution in [3.63, 3.8) is 0 Å². The summed E-state index contributed by atoms with van der Waals surface area (Å²) in [5.41, 5.74) is 7.10. The Balaban J connectivity index is 1.76. The first kappa shape index (κ1) is 19.4. The molecule has 9 heteroatoms. The summed E-state index contributed by atoms with van der Waals surface area (Å²) in [6.07, 6.45) is 5.45. The minimum absolute atomic E-state index is 0.410. The molecular weight excluding hydrogens is 352 g/mol. The molecule has 2 rings (SSSR count). The number of furan rings is 2. The highest BCUT2D eigenvalue weighted by Gasteiger charge is 2.03. The van der Waals surface area contributed by atoms with Gasteiger partial charge in [0.1, 0.15) is 17.9 Å². The summed E-state index contributed by atoms with van der Waals surface area (Å²) in [5, 5.41) is 11.9. The van der Waals surface area contributed by atoms with Crippen LogP contribution in [0.5, 0.6) is 0 Å². The van der Waals surface area contributed by atoms with Crippen LogP contribution in [0.3, 0.4) is 0 Å². The van der Waals surface area contributed by atoms with Crippen molar-refractivity contribution >= 4 is 35.1 Å². The largest absolute Gasteiger partial charge is 0.467 e. The minimum atomic E-state index is 0.410. The third kappa shape index (κ3) is 6.89. The van der Waals surface area contributed by atoms with Gasteiger partial charge in [-0.1, -0.05) is 6.92 Å². The number of rotatable bonds is 9. The number of thiocarbonyl (C=S) groups is 1. The molecule has 138 valence electrons. The van der Waals surface area contributed by atoms with Crippen LogP contribution in [0.25, 0.3) is 0 Å². The van der Waals surface area contributed by atoms with Crippen molar-refractivity contribution < 1.29 is 8.83 Å². The fourth-order valence-corrected chi connectivity index (χ4v) is 2.04. The second-order valence-corrected chi connectivity index (χ2v) is 5.57. The Morgan fingerprint density at radius 2 is 1.88 bits per heavy atom. The zero-order valence-electron chi connectivity index (χ0n) is 14.7. The van der Waals surface area contributed by atoms with E-state index in [0.29, 0.717) is 24.6 Å². The zero-order valence-corrected chi connectivity index (χ0v) is 15.5. The van der Waals surface area contributed by atoms with E-state index >= 15 is 0 Å². The second-order valence-electron chi connectivity index (χ2n) is 5.16. The Bertz CT molecular complexity index is 750. The van der Waals surface area contributed by atoms with Gasteiger partial charge in [0, 0.05) is 0 Å². The molecule has 26 heavy (non-hydrogen) atoms. The van der Waals surface area contributed by atoms with E-state index in [9.17, 15) is 0 Å². The first-order valence-electron chi connectivity index (χ1n) is 8.12. The summed E-state index contributed by atoms with van der Waals surface area (Å²) < 4.78 is 10.4. The van der Waals surface area contributed by atoms with Crippen LogP contribution < -0.4 is 16.2 Å². The van der Waals surface area contributed by atoms with Gasteiger partial charge < -0.3 is 14.2 Å². The molecule has 3 N–H and O–H groups in total. The molecule has 2 aromatic rings. The van der Waals surface area contributed by atoms with Crippen LogP contribution in [0.2, 0.25) is 0 Å². The smallest absolute Gasteiger partial charge is 0.187 e. The molecule has 8 nitrogen and oxygen atoms in total. The van der Waals surface area contributed by atoms with Crippen molar-refractivity contribution in [2.45, 2.75) is 33.4 Å². The average molecular weight is 374 g/mol. The molecule has 0 amide bonds. The second kappa shape index (κ2) is 10.8. The standard InChI is InChI=1S/C17H22N6O2S/c1-3-16(22-23-17(26)19-11-15-7-5-9-25-15)13(2)21-20-12-18-10-14-6-4-8-24-14/h4-9,12H,3,10-11H2,1-2H3,(H,18,20)(H2,19,23,26)/b21-13+,22-16+. The molecule has 0 aliphatic rings. The predicted molar refractivity (Wildman–Crippen MR) is 106 cm³/mol. The molecule has 0 radical (unpaired) electrons. The summed E-state index contributed by atoms with van der Waals surface area (Å²) in [5.74, 6) is 1.59. The number of hydrogen-bond donors (Lipinski definition) is 3. The number of hydrazone groups is 2. The molecule has 0 atom stereocenters. The van der Waals surface area contributed by atoms with E-state index in [2.05, 4.69) is 31.4 Å². The summed E-state index contributed by atoms with van der Waals surface area (Å²) in [7, 11) is 0. The zero-order chi connectivity index (χ0) is 18.6. The molecule has 0 aromatic carbocycles. The van der Waals surface area contributed by atoms with Gasteiger partial charge in [-0.3, -0.25) is 15.8 Å². The Morgan fingerprint density at radius 3 is 2.54 bits per heavy atom. The summed E-state index contributed by atoms with van der Waals surface area (Å²) in [6, 6.07) is 7.38. The number of nitrogens with one attached hydrogen (secondary N) is 3. The van der Waals surface area contributed by atoms with Crippen molar-refractivity contribution in [1.29, 1.82) is 0 Å². The highest BCUT2D eigenvalue weighted by molar-refractivity contribution is 7.80. The van der Waals surface area contributed by atoms with Crippen molar-refractivity contribution in [2.24, 2.45) is 15.2 Å². The maximum atomic E-state index is 5.23. The van der Waals surface area contributed by atoms with Gasteiger partial charge in [-0.05, 0) is 49.8 Å². The molecule has 0 aliphatic carbocycles. The molecule has 0 saturated heterocycles. The molecule has 0 bridgehead atoms. The molecule has 2 aromatic heterocycles. The van der Waals surface area contributed by atoms with Crippen LogP contribution >= 0.6 is 12.2 Å². The summed E-state index contributed by atoms with van der Waals surface area (Å²) >= 11 is 5.18. The third-order valence-electron chi connectivity index (χ3n) is 3.26. The fraction of sp³-hybridized carbons (Fsp3) is 0.294. The maximum absolute atomic E-state index is 5.23. The van der Waals surface area contributed by atoms with Gasteiger partial charge in [0.2, 0.25) is 0 Å². The third-order valence-corrected chi connectivity index (χ3v) is 3.49. The van der Waals surface area contributed by atoms with E-state index in [1.807, 2.05) is 38.1 Å². The van der Waals surface area contributed by atoms with Gasteiger partial charge in [-0.2, -0.15) is 10.2 Å². The highest BCUT2D eigenvalue weighted by Crippen LogP contribution is 2.00. The SMILES string of the molecule is CCC(=N\NC(=S)NCc1ccco1)/C(C)=N/NC=NCc1ccco1. The van der Waals surface area contributed by atoms with Crippen molar-refractivity contribution in [3.05, 3.63) is 48.3 Å². The van der Waals surface area contributed by atoms with E-state index < -0.39 is 0 Å². The number of aliphatic imine (C=N–C) groups is 1. The fourth-order valence-electron chi connectivity index (χ4n) is 1.92. The molecule has 0 fully saturated rings. The first-order valence-corrected chi connectivity index (χ1v) is 8.53. The van der Waals surface area contributed by atoms with E-state index in [0.717, 1.165) is 22.9 Å². The quantitative estimate of drug-likeness (QED) is 0.270. The lowest BCUT2D eigenvalue weighted by Crippen LogP contribution is -2.32. The van der Waals surface area contributed by atoms with Gasteiger partial charge >= 0.3 is 0 Å². The van der Waals surface area contributed by atoms with Gasteiger partial charge in [0.25, 0.3) is 0 Å². The normalized spacial score (nSPS) is 12.4. The van der Waals surface area contributed by atoms with Gasteiger partial charge in [0.05, 0.1) is 37.0 Å². The Morgan fingerprint density at radius 1 is 1.15 bits per heavy atom. The Kier molecular flexibility index (Phi) is 8.07. The highest BCUT2D eigenvalue weighted by atomic mass is 32.1. The lowest BCUT2D eigenvalue weighted by molar-refractivity contribution is 0.502. The van der Waals surface area contributed by atoms with Gasteiger partial charge in [0.15, 0.2) is 5.11 Å². The molecule has 0 spiro atoms. The Hall–Kier alpha value is -2.94. The average Bonchev–Trinajstić information content (AvgIpc) is 3.34. The van der Waals surface area contributed by atoms with Crippen LogP contribution in [0.15, 0.2) is 60.8 Å². The van der Waals surface area contributed by atoms with Crippen molar-refractivity contribution in [2.75, 3.05) is 0 Å². The molecule has 0 aliphatic heterocycles. The van der Waals surface area contributed by atoms with Crippen LogP contribution in [0, 0.1) is 0 Å². The minimum Gasteiger partial charge on any atom is -0.467 e. The lowest BCUT2D eigenvalue weighted by atomic mass is 10.2. The van der Waals surface area contributed by atoms with Gasteiger partial charge in [-0.25, -0.2) is 0 Å². The van der Waals surface area contributed by atoms with Crippen LogP contribution in [0.4, 0.5) is 0 Å². The van der Waals surface area contributed by atoms with E-state index in [1.165, 1.54) is 6.34 Å². The predicted octanol–water partition coefficient (Wildman–Crippen LogP) is 2.80.